The number of unbranched alkanes of at least 4 members (excludes halogenated alkanes) is 1. The van der Waals surface area contributed by atoms with E-state index in [1.807, 2.05) is 18.3 Å². The SMILES string of the molecule is CCCCS(=O)(=O)N1CCC(C(=O)NCCN2CCc3sccc3C2)CC1. The largest absolute Gasteiger partial charge is 0.355 e. The number of carbonyl (C=O) groups excluding carboxylic acids is 1. The average Bonchev–Trinajstić information content (AvgIpc) is 3.14. The smallest absolute Gasteiger partial charge is 0.223 e. The van der Waals surface area contributed by atoms with E-state index in [1.165, 1.54) is 10.4 Å². The molecule has 1 fully saturated rings. The second-order valence-corrected chi connectivity index (χ2v) is 10.6. The molecule has 1 amide bonds. The fourth-order valence-electron chi connectivity index (χ4n) is 3.83. The summed E-state index contributed by atoms with van der Waals surface area (Å²) in [6.07, 6.45) is 3.93. The predicted molar refractivity (Wildman–Crippen MR) is 109 cm³/mol. The molecule has 8 heteroatoms. The quantitative estimate of drug-likeness (QED) is 0.708. The fourth-order valence-corrected chi connectivity index (χ4v) is 6.40. The highest BCUT2D eigenvalue weighted by Crippen LogP contribution is 2.24. The lowest BCUT2D eigenvalue weighted by Gasteiger charge is -2.31. The van der Waals surface area contributed by atoms with Crippen LogP contribution < -0.4 is 5.32 Å². The normalized spacial score (nSPS) is 19.7. The van der Waals surface area contributed by atoms with Crippen molar-refractivity contribution in [2.75, 3.05) is 38.5 Å². The Morgan fingerprint density at radius 2 is 2.07 bits per heavy atom. The topological polar surface area (TPSA) is 69.7 Å². The summed E-state index contributed by atoms with van der Waals surface area (Å²) < 4.78 is 26.1. The predicted octanol–water partition coefficient (Wildman–Crippen LogP) is 2.06. The molecule has 0 atom stereocenters. The Kier molecular flexibility index (Phi) is 7.30. The molecule has 3 heterocycles. The van der Waals surface area contributed by atoms with Crippen LogP contribution in [0.1, 0.15) is 43.0 Å². The molecule has 0 aliphatic carbocycles. The van der Waals surface area contributed by atoms with Crippen LogP contribution in [-0.4, -0.2) is 62.0 Å². The molecule has 2 aliphatic heterocycles. The van der Waals surface area contributed by atoms with Crippen molar-refractivity contribution in [2.24, 2.45) is 5.92 Å². The summed E-state index contributed by atoms with van der Waals surface area (Å²) >= 11 is 1.84. The number of fused-ring (bicyclic) bond motifs is 1. The molecular weight excluding hydrogens is 382 g/mol. The van der Waals surface area contributed by atoms with Gasteiger partial charge >= 0.3 is 0 Å². The number of piperidine rings is 1. The van der Waals surface area contributed by atoms with E-state index in [0.29, 0.717) is 38.9 Å². The molecule has 0 unspecified atom stereocenters. The van der Waals surface area contributed by atoms with E-state index >= 15 is 0 Å². The molecule has 152 valence electrons. The Labute approximate surface area is 167 Å². The van der Waals surface area contributed by atoms with E-state index in [2.05, 4.69) is 21.7 Å². The van der Waals surface area contributed by atoms with Gasteiger partial charge in [0.25, 0.3) is 0 Å². The third kappa shape index (κ3) is 5.53. The van der Waals surface area contributed by atoms with Gasteiger partial charge in [-0.2, -0.15) is 0 Å². The second kappa shape index (κ2) is 9.49. The van der Waals surface area contributed by atoms with Gasteiger partial charge in [0.2, 0.25) is 15.9 Å². The monoisotopic (exact) mass is 413 g/mol. The van der Waals surface area contributed by atoms with Gasteiger partial charge in [-0.15, -0.1) is 11.3 Å². The van der Waals surface area contributed by atoms with E-state index in [0.717, 1.165) is 32.5 Å². The molecule has 0 saturated carbocycles. The van der Waals surface area contributed by atoms with Crippen LogP contribution in [0.4, 0.5) is 0 Å². The molecular formula is C19H31N3O3S2. The molecule has 2 aliphatic rings. The number of rotatable bonds is 8. The zero-order valence-corrected chi connectivity index (χ0v) is 17.8. The summed E-state index contributed by atoms with van der Waals surface area (Å²) in [4.78, 5) is 16.3. The van der Waals surface area contributed by atoms with Gasteiger partial charge in [0.15, 0.2) is 0 Å². The Hall–Kier alpha value is -0.960. The number of hydrogen-bond donors (Lipinski definition) is 1. The summed E-state index contributed by atoms with van der Waals surface area (Å²) in [5.74, 6) is 0.239. The summed E-state index contributed by atoms with van der Waals surface area (Å²) in [5.41, 5.74) is 1.43. The molecule has 0 spiro atoms. The highest BCUT2D eigenvalue weighted by atomic mass is 32.2. The van der Waals surface area contributed by atoms with E-state index in [-0.39, 0.29) is 17.6 Å². The fraction of sp³-hybridized carbons (Fsp3) is 0.737. The second-order valence-electron chi connectivity index (χ2n) is 7.53. The summed E-state index contributed by atoms with van der Waals surface area (Å²) in [7, 11) is -3.15. The molecule has 0 radical (unpaired) electrons. The van der Waals surface area contributed by atoms with Crippen LogP contribution in [0.15, 0.2) is 11.4 Å². The lowest BCUT2D eigenvalue weighted by atomic mass is 9.97. The van der Waals surface area contributed by atoms with Gasteiger partial charge in [-0.05, 0) is 42.7 Å². The van der Waals surface area contributed by atoms with Crippen LogP contribution in [-0.2, 0) is 27.8 Å². The first kappa shape index (κ1) is 20.8. The van der Waals surface area contributed by atoms with Gasteiger partial charge in [-0.1, -0.05) is 13.3 Å². The molecule has 3 rings (SSSR count). The Balaban J connectivity index is 1.36. The lowest BCUT2D eigenvalue weighted by Crippen LogP contribution is -2.45. The van der Waals surface area contributed by atoms with Gasteiger partial charge in [0.1, 0.15) is 0 Å². The van der Waals surface area contributed by atoms with Crippen molar-refractivity contribution in [3.05, 3.63) is 21.9 Å². The van der Waals surface area contributed by atoms with Crippen molar-refractivity contribution < 1.29 is 13.2 Å². The van der Waals surface area contributed by atoms with E-state index in [4.69, 9.17) is 0 Å². The zero-order valence-electron chi connectivity index (χ0n) is 16.2. The molecule has 1 aromatic heterocycles. The molecule has 6 nitrogen and oxygen atoms in total. The molecule has 0 aromatic carbocycles. The van der Waals surface area contributed by atoms with Crippen molar-refractivity contribution in [1.82, 2.24) is 14.5 Å². The van der Waals surface area contributed by atoms with Crippen LogP contribution in [0.25, 0.3) is 0 Å². The van der Waals surface area contributed by atoms with Gasteiger partial charge in [0.05, 0.1) is 5.75 Å². The number of thiophene rings is 1. The number of nitrogens with one attached hydrogen (secondary N) is 1. The summed E-state index contributed by atoms with van der Waals surface area (Å²) in [6.45, 7) is 6.49. The maximum absolute atomic E-state index is 12.4. The van der Waals surface area contributed by atoms with Crippen molar-refractivity contribution in [2.45, 2.75) is 45.6 Å². The van der Waals surface area contributed by atoms with Gasteiger partial charge in [0, 0.05) is 50.1 Å². The first-order chi connectivity index (χ1) is 13.0. The minimum atomic E-state index is -3.15. The number of nitrogens with zero attached hydrogens (tertiary/aromatic N) is 2. The third-order valence-corrected chi connectivity index (χ3v) is 8.57. The van der Waals surface area contributed by atoms with Crippen molar-refractivity contribution in [3.8, 4) is 0 Å². The lowest BCUT2D eigenvalue weighted by molar-refractivity contribution is -0.126. The third-order valence-electron chi connectivity index (χ3n) is 5.59. The van der Waals surface area contributed by atoms with Crippen LogP contribution in [0.5, 0.6) is 0 Å². The molecule has 27 heavy (non-hydrogen) atoms. The average molecular weight is 414 g/mol. The highest BCUT2D eigenvalue weighted by molar-refractivity contribution is 7.89. The number of carbonyl (C=O) groups is 1. The molecule has 0 bridgehead atoms. The van der Waals surface area contributed by atoms with Crippen molar-refractivity contribution in [3.63, 3.8) is 0 Å². The highest BCUT2D eigenvalue weighted by Gasteiger charge is 2.30. The zero-order chi connectivity index (χ0) is 19.3. The van der Waals surface area contributed by atoms with Gasteiger partial charge in [-0.25, -0.2) is 12.7 Å². The Bertz CT molecular complexity index is 724. The summed E-state index contributed by atoms with van der Waals surface area (Å²) in [6, 6.07) is 2.20. The van der Waals surface area contributed by atoms with Crippen LogP contribution in [0, 0.1) is 5.92 Å². The maximum atomic E-state index is 12.4. The first-order valence-corrected chi connectivity index (χ1v) is 12.5. The van der Waals surface area contributed by atoms with Crippen LogP contribution in [0.2, 0.25) is 0 Å². The van der Waals surface area contributed by atoms with Crippen molar-refractivity contribution in [1.29, 1.82) is 0 Å². The summed E-state index contributed by atoms with van der Waals surface area (Å²) in [5, 5.41) is 5.22. The minimum absolute atomic E-state index is 0.0625. The van der Waals surface area contributed by atoms with Gasteiger partial charge < -0.3 is 5.32 Å². The molecule has 1 saturated heterocycles. The van der Waals surface area contributed by atoms with E-state index in [1.54, 1.807) is 4.31 Å². The Morgan fingerprint density at radius 3 is 2.81 bits per heavy atom. The van der Waals surface area contributed by atoms with Crippen LogP contribution >= 0.6 is 11.3 Å². The molecule has 1 N–H and O–H groups in total. The number of amides is 1. The standard InChI is InChI=1S/C19H31N3O3S2/c1-2-3-14-27(24,25)22-10-4-16(5-11-22)19(23)20-8-12-21-9-6-18-17(15-21)7-13-26-18/h7,13,16H,2-6,8-12,14-15H2,1H3,(H,20,23). The number of sulfonamides is 1. The maximum Gasteiger partial charge on any atom is 0.223 e. The first-order valence-electron chi connectivity index (χ1n) is 10.0. The van der Waals surface area contributed by atoms with E-state index < -0.39 is 10.0 Å². The Morgan fingerprint density at radius 1 is 1.30 bits per heavy atom. The van der Waals surface area contributed by atoms with E-state index in [9.17, 15) is 13.2 Å². The number of hydrogen-bond acceptors (Lipinski definition) is 5. The van der Waals surface area contributed by atoms with Gasteiger partial charge in [-0.3, -0.25) is 9.69 Å². The van der Waals surface area contributed by atoms with Crippen molar-refractivity contribution >= 4 is 27.3 Å². The van der Waals surface area contributed by atoms with Crippen LogP contribution in [0.3, 0.4) is 0 Å². The minimum Gasteiger partial charge on any atom is -0.355 e. The molecule has 1 aromatic rings.